The van der Waals surface area contributed by atoms with Crippen molar-refractivity contribution < 1.29 is 19.2 Å². The number of rotatable bonds is 8. The zero-order chi connectivity index (χ0) is 20.2. The average molecular weight is 396 g/mol. The van der Waals surface area contributed by atoms with Gasteiger partial charge < -0.3 is 14.8 Å². The van der Waals surface area contributed by atoms with E-state index >= 15 is 0 Å². The molecule has 7 heteroatoms. The molecule has 0 spiro atoms. The van der Waals surface area contributed by atoms with Crippen LogP contribution in [0.2, 0.25) is 0 Å². The number of hydrogen-bond donors (Lipinski definition) is 1. The molecule has 2 aliphatic rings. The Morgan fingerprint density at radius 1 is 1.10 bits per heavy atom. The van der Waals surface area contributed by atoms with Gasteiger partial charge in [0.15, 0.2) is 11.5 Å². The van der Waals surface area contributed by atoms with Crippen LogP contribution in [-0.4, -0.2) is 30.6 Å². The maximum atomic E-state index is 12.5. The maximum Gasteiger partial charge on any atom is 0.269 e. The monoisotopic (exact) mass is 396 g/mol. The lowest BCUT2D eigenvalue weighted by Gasteiger charge is -2.22. The summed E-state index contributed by atoms with van der Waals surface area (Å²) in [6.07, 6.45) is 3.39. The van der Waals surface area contributed by atoms with Crippen molar-refractivity contribution in [3.05, 3.63) is 63.7 Å². The third kappa shape index (κ3) is 4.85. The van der Waals surface area contributed by atoms with Crippen molar-refractivity contribution in [2.24, 2.45) is 5.92 Å². The van der Waals surface area contributed by atoms with Crippen LogP contribution in [-0.2, 0) is 11.2 Å². The highest BCUT2D eigenvalue weighted by molar-refractivity contribution is 5.77. The van der Waals surface area contributed by atoms with Crippen LogP contribution in [0.25, 0.3) is 0 Å². The summed E-state index contributed by atoms with van der Waals surface area (Å²) in [5, 5.41) is 13.7. The van der Waals surface area contributed by atoms with Crippen molar-refractivity contribution in [3.63, 3.8) is 0 Å². The normalized spacial score (nSPS) is 16.1. The van der Waals surface area contributed by atoms with E-state index in [1.54, 1.807) is 12.1 Å². The van der Waals surface area contributed by atoms with Crippen LogP contribution in [0.5, 0.6) is 11.5 Å². The third-order valence-corrected chi connectivity index (χ3v) is 5.47. The molecule has 29 heavy (non-hydrogen) atoms. The standard InChI is InChI=1S/C22H24N2O5/c25-22(23-10-9-15-1-6-18(7-2-15)24(26)27)14-19(16-3-4-16)17-5-8-20-21(13-17)29-12-11-28-20/h1-2,5-8,13,16,19H,3-4,9-12,14H2,(H,23,25). The number of hydrogen-bond acceptors (Lipinski definition) is 5. The highest BCUT2D eigenvalue weighted by Crippen LogP contribution is 2.46. The highest BCUT2D eigenvalue weighted by atomic mass is 16.6. The Hall–Kier alpha value is -3.09. The van der Waals surface area contributed by atoms with Crippen LogP contribution < -0.4 is 14.8 Å². The van der Waals surface area contributed by atoms with Gasteiger partial charge in [0.25, 0.3) is 5.69 Å². The first-order valence-corrected chi connectivity index (χ1v) is 10.00. The third-order valence-electron chi connectivity index (χ3n) is 5.47. The number of non-ortho nitro benzene ring substituents is 1. The highest BCUT2D eigenvalue weighted by Gasteiger charge is 2.34. The van der Waals surface area contributed by atoms with Crippen LogP contribution in [0, 0.1) is 16.0 Å². The van der Waals surface area contributed by atoms with Crippen LogP contribution >= 0.6 is 0 Å². The lowest BCUT2D eigenvalue weighted by molar-refractivity contribution is -0.384. The van der Waals surface area contributed by atoms with E-state index in [0.29, 0.717) is 38.5 Å². The topological polar surface area (TPSA) is 90.7 Å². The molecule has 2 aromatic carbocycles. The summed E-state index contributed by atoms with van der Waals surface area (Å²) in [5.74, 6) is 2.28. The molecule has 0 saturated heterocycles. The molecule has 2 aromatic rings. The molecule has 0 radical (unpaired) electrons. The predicted molar refractivity (Wildman–Crippen MR) is 107 cm³/mol. The number of benzene rings is 2. The quantitative estimate of drug-likeness (QED) is 0.544. The minimum absolute atomic E-state index is 0.0266. The Morgan fingerprint density at radius 3 is 2.52 bits per heavy atom. The van der Waals surface area contributed by atoms with E-state index in [4.69, 9.17) is 9.47 Å². The van der Waals surface area contributed by atoms with Crippen molar-refractivity contribution in [1.82, 2.24) is 5.32 Å². The molecule has 1 N–H and O–H groups in total. The van der Waals surface area contributed by atoms with E-state index in [9.17, 15) is 14.9 Å². The molecule has 0 bridgehead atoms. The van der Waals surface area contributed by atoms with Gasteiger partial charge in [-0.2, -0.15) is 0 Å². The lowest BCUT2D eigenvalue weighted by Crippen LogP contribution is -2.27. The molecule has 152 valence electrons. The number of nitrogens with one attached hydrogen (secondary N) is 1. The first-order chi connectivity index (χ1) is 14.1. The van der Waals surface area contributed by atoms with Crippen LogP contribution in [0.3, 0.4) is 0 Å². The molecule has 1 unspecified atom stereocenters. The molecule has 1 fully saturated rings. The zero-order valence-corrected chi connectivity index (χ0v) is 16.1. The molecule has 7 nitrogen and oxygen atoms in total. The number of ether oxygens (including phenoxy) is 2. The first-order valence-electron chi connectivity index (χ1n) is 10.00. The molecular formula is C22H24N2O5. The fourth-order valence-electron chi connectivity index (χ4n) is 3.75. The first kappa shape index (κ1) is 19.2. The Labute approximate surface area is 169 Å². The van der Waals surface area contributed by atoms with Gasteiger partial charge in [-0.1, -0.05) is 18.2 Å². The number of nitro benzene ring substituents is 1. The zero-order valence-electron chi connectivity index (χ0n) is 16.1. The van der Waals surface area contributed by atoms with Gasteiger partial charge in [-0.25, -0.2) is 0 Å². The second kappa shape index (κ2) is 8.51. The van der Waals surface area contributed by atoms with Gasteiger partial charge >= 0.3 is 0 Å². The molecule has 1 aliphatic heterocycles. The van der Waals surface area contributed by atoms with Crippen LogP contribution in [0.15, 0.2) is 42.5 Å². The average Bonchev–Trinajstić information content (AvgIpc) is 3.57. The van der Waals surface area contributed by atoms with E-state index in [0.717, 1.165) is 35.5 Å². The van der Waals surface area contributed by atoms with Gasteiger partial charge in [-0.3, -0.25) is 14.9 Å². The number of nitro groups is 1. The van der Waals surface area contributed by atoms with Gasteiger partial charge in [-0.15, -0.1) is 0 Å². The van der Waals surface area contributed by atoms with E-state index < -0.39 is 4.92 Å². The van der Waals surface area contributed by atoms with Crippen molar-refractivity contribution in [1.29, 1.82) is 0 Å². The van der Waals surface area contributed by atoms with E-state index in [1.807, 2.05) is 18.2 Å². The van der Waals surface area contributed by atoms with Gasteiger partial charge in [0.2, 0.25) is 5.91 Å². The number of carbonyl (C=O) groups excluding carboxylic acids is 1. The van der Waals surface area contributed by atoms with E-state index in [2.05, 4.69) is 5.32 Å². The molecule has 1 heterocycles. The van der Waals surface area contributed by atoms with Crippen molar-refractivity contribution in [2.45, 2.75) is 31.6 Å². The number of carbonyl (C=O) groups is 1. The summed E-state index contributed by atoms with van der Waals surface area (Å²) in [7, 11) is 0. The predicted octanol–water partition coefficient (Wildman–Crippen LogP) is 3.61. The van der Waals surface area contributed by atoms with Crippen LogP contribution in [0.4, 0.5) is 5.69 Å². The Bertz CT molecular complexity index is 893. The Morgan fingerprint density at radius 2 is 1.83 bits per heavy atom. The molecule has 1 aliphatic carbocycles. The second-order valence-electron chi connectivity index (χ2n) is 7.57. The Balaban J connectivity index is 1.32. The summed E-state index contributed by atoms with van der Waals surface area (Å²) in [6, 6.07) is 12.4. The van der Waals surface area contributed by atoms with Crippen molar-refractivity contribution >= 4 is 11.6 Å². The fourth-order valence-corrected chi connectivity index (χ4v) is 3.75. The van der Waals surface area contributed by atoms with E-state index in [1.165, 1.54) is 12.1 Å². The van der Waals surface area contributed by atoms with Gasteiger partial charge in [0.05, 0.1) is 4.92 Å². The smallest absolute Gasteiger partial charge is 0.269 e. The SMILES string of the molecule is O=C(CC(c1ccc2c(c1)OCCO2)C1CC1)NCCc1ccc([N+](=O)[O-])cc1. The number of nitrogens with zero attached hydrogens (tertiary/aromatic N) is 1. The summed E-state index contributed by atoms with van der Waals surface area (Å²) >= 11 is 0. The Kier molecular flexibility index (Phi) is 5.64. The molecule has 1 saturated carbocycles. The van der Waals surface area contributed by atoms with Crippen LogP contribution in [0.1, 0.15) is 36.3 Å². The van der Waals surface area contributed by atoms with Crippen molar-refractivity contribution in [3.8, 4) is 11.5 Å². The van der Waals surface area contributed by atoms with E-state index in [-0.39, 0.29) is 17.5 Å². The largest absolute Gasteiger partial charge is 0.486 e. The van der Waals surface area contributed by atoms with Gasteiger partial charge in [0.1, 0.15) is 13.2 Å². The molecule has 1 amide bonds. The molecule has 1 atom stereocenters. The molecule has 0 aromatic heterocycles. The van der Waals surface area contributed by atoms with Gasteiger partial charge in [-0.05, 0) is 54.4 Å². The summed E-state index contributed by atoms with van der Waals surface area (Å²) in [5.41, 5.74) is 2.16. The minimum atomic E-state index is -0.415. The molecular weight excluding hydrogens is 372 g/mol. The van der Waals surface area contributed by atoms with Crippen molar-refractivity contribution in [2.75, 3.05) is 19.8 Å². The minimum Gasteiger partial charge on any atom is -0.486 e. The fraction of sp³-hybridized carbons (Fsp3) is 0.409. The second-order valence-corrected chi connectivity index (χ2v) is 7.57. The summed E-state index contributed by atoms with van der Waals surface area (Å²) in [4.78, 5) is 22.8. The summed E-state index contributed by atoms with van der Waals surface area (Å²) < 4.78 is 11.3. The van der Waals surface area contributed by atoms with Gasteiger partial charge in [0, 0.05) is 25.1 Å². The maximum absolute atomic E-state index is 12.5. The lowest BCUT2D eigenvalue weighted by atomic mass is 9.90. The number of fused-ring (bicyclic) bond motifs is 1. The molecule has 4 rings (SSSR count). The number of amides is 1. The summed E-state index contributed by atoms with van der Waals surface area (Å²) in [6.45, 7) is 1.62.